The predicted molar refractivity (Wildman–Crippen MR) is 86.8 cm³/mol. The molecule has 1 heterocycles. The van der Waals surface area contributed by atoms with Crippen molar-refractivity contribution in [3.63, 3.8) is 0 Å². The van der Waals surface area contributed by atoms with Crippen LogP contribution in [0.25, 0.3) is 0 Å². The zero-order valence-corrected chi connectivity index (χ0v) is 13.6. The smallest absolute Gasteiger partial charge is 0.142 e. The van der Waals surface area contributed by atoms with E-state index in [0.29, 0.717) is 5.92 Å². The van der Waals surface area contributed by atoms with E-state index in [1.807, 2.05) is 36.9 Å². The van der Waals surface area contributed by atoms with Crippen LogP contribution in [-0.4, -0.2) is 16.4 Å². The van der Waals surface area contributed by atoms with Crippen molar-refractivity contribution in [3.8, 4) is 5.75 Å². The van der Waals surface area contributed by atoms with Crippen LogP contribution < -0.4 is 10.1 Å². The van der Waals surface area contributed by atoms with E-state index >= 15 is 0 Å². The van der Waals surface area contributed by atoms with Crippen molar-refractivity contribution in [2.24, 2.45) is 13.0 Å². The van der Waals surface area contributed by atoms with Crippen LogP contribution in [-0.2, 0) is 13.6 Å². The van der Waals surface area contributed by atoms with Gasteiger partial charge in [-0.2, -0.15) is 5.10 Å². The minimum Gasteiger partial charge on any atom is -0.491 e. The minimum atomic E-state index is 0.515. The fraction of sp³-hybridized carbons (Fsp3) is 0.471. The van der Waals surface area contributed by atoms with E-state index < -0.39 is 0 Å². The van der Waals surface area contributed by atoms with Gasteiger partial charge in [0.15, 0.2) is 0 Å². The van der Waals surface area contributed by atoms with E-state index in [-0.39, 0.29) is 0 Å². The normalized spacial score (nSPS) is 11.0. The molecule has 0 bridgehead atoms. The lowest BCUT2D eigenvalue weighted by Crippen LogP contribution is -2.08. The SMILES string of the molecule is Cc1nn(C)c(C)c1CNc1ccccc1OCC(C)C. The predicted octanol–water partition coefficient (Wildman–Crippen LogP) is 3.68. The van der Waals surface area contributed by atoms with Gasteiger partial charge in [-0.15, -0.1) is 0 Å². The van der Waals surface area contributed by atoms with Crippen LogP contribution in [0.3, 0.4) is 0 Å². The Morgan fingerprint density at radius 3 is 2.57 bits per heavy atom. The van der Waals surface area contributed by atoms with Gasteiger partial charge in [0.1, 0.15) is 5.75 Å². The molecule has 1 aromatic heterocycles. The summed E-state index contributed by atoms with van der Waals surface area (Å²) in [7, 11) is 1.98. The lowest BCUT2D eigenvalue weighted by molar-refractivity contribution is 0.272. The summed E-state index contributed by atoms with van der Waals surface area (Å²) in [5.41, 5.74) is 4.54. The van der Waals surface area contributed by atoms with Gasteiger partial charge in [-0.1, -0.05) is 26.0 Å². The Labute approximate surface area is 127 Å². The van der Waals surface area contributed by atoms with E-state index in [4.69, 9.17) is 4.74 Å². The number of para-hydroxylation sites is 2. The fourth-order valence-corrected chi connectivity index (χ4v) is 2.25. The first-order valence-electron chi connectivity index (χ1n) is 7.43. The van der Waals surface area contributed by atoms with Crippen molar-refractivity contribution in [2.75, 3.05) is 11.9 Å². The average Bonchev–Trinajstić information content (AvgIpc) is 2.69. The van der Waals surface area contributed by atoms with Crippen molar-refractivity contribution < 1.29 is 4.74 Å². The number of hydrogen-bond donors (Lipinski definition) is 1. The zero-order chi connectivity index (χ0) is 15.4. The van der Waals surface area contributed by atoms with Crippen LogP contribution in [0, 0.1) is 19.8 Å². The summed E-state index contributed by atoms with van der Waals surface area (Å²) in [5, 5.41) is 7.92. The van der Waals surface area contributed by atoms with Gasteiger partial charge in [-0.25, -0.2) is 0 Å². The molecule has 0 aliphatic carbocycles. The monoisotopic (exact) mass is 287 g/mol. The molecule has 0 fully saturated rings. The number of rotatable bonds is 6. The van der Waals surface area contributed by atoms with Gasteiger partial charge in [-0.05, 0) is 31.9 Å². The molecule has 0 spiro atoms. The van der Waals surface area contributed by atoms with Crippen LogP contribution in [0.15, 0.2) is 24.3 Å². The van der Waals surface area contributed by atoms with Gasteiger partial charge in [0.2, 0.25) is 0 Å². The van der Waals surface area contributed by atoms with Crippen LogP contribution in [0.4, 0.5) is 5.69 Å². The van der Waals surface area contributed by atoms with E-state index in [9.17, 15) is 0 Å². The summed E-state index contributed by atoms with van der Waals surface area (Å²) in [6.45, 7) is 9.93. The highest BCUT2D eigenvalue weighted by atomic mass is 16.5. The number of aryl methyl sites for hydroxylation is 2. The number of ether oxygens (including phenoxy) is 1. The van der Waals surface area contributed by atoms with Crippen molar-refractivity contribution in [1.29, 1.82) is 0 Å². The second-order valence-electron chi connectivity index (χ2n) is 5.83. The van der Waals surface area contributed by atoms with Crippen LogP contribution in [0.2, 0.25) is 0 Å². The maximum atomic E-state index is 5.87. The average molecular weight is 287 g/mol. The second-order valence-corrected chi connectivity index (χ2v) is 5.83. The van der Waals surface area contributed by atoms with Crippen LogP contribution in [0.1, 0.15) is 30.8 Å². The van der Waals surface area contributed by atoms with Gasteiger partial charge < -0.3 is 10.1 Å². The molecule has 4 heteroatoms. The van der Waals surface area contributed by atoms with Gasteiger partial charge in [-0.3, -0.25) is 4.68 Å². The Morgan fingerprint density at radius 1 is 1.24 bits per heavy atom. The Morgan fingerprint density at radius 2 is 1.95 bits per heavy atom. The highest BCUT2D eigenvalue weighted by Gasteiger charge is 2.10. The molecule has 0 amide bonds. The summed E-state index contributed by atoms with van der Waals surface area (Å²) >= 11 is 0. The van der Waals surface area contributed by atoms with Gasteiger partial charge >= 0.3 is 0 Å². The standard InChI is InChI=1S/C17H25N3O/c1-12(2)11-21-17-9-7-6-8-16(17)18-10-15-13(3)19-20(5)14(15)4/h6-9,12,18H,10-11H2,1-5H3. The number of anilines is 1. The summed E-state index contributed by atoms with van der Waals surface area (Å²) in [4.78, 5) is 0. The molecule has 4 nitrogen and oxygen atoms in total. The number of nitrogens with zero attached hydrogens (tertiary/aromatic N) is 2. The number of aromatic nitrogens is 2. The molecular weight excluding hydrogens is 262 g/mol. The van der Waals surface area contributed by atoms with E-state index in [1.165, 1.54) is 11.3 Å². The molecule has 1 aromatic carbocycles. The molecule has 0 unspecified atom stereocenters. The second kappa shape index (κ2) is 6.66. The molecule has 0 aliphatic heterocycles. The minimum absolute atomic E-state index is 0.515. The van der Waals surface area contributed by atoms with Crippen molar-refractivity contribution >= 4 is 5.69 Å². The number of nitrogens with one attached hydrogen (secondary N) is 1. The Balaban J connectivity index is 2.09. The van der Waals surface area contributed by atoms with E-state index in [2.05, 4.69) is 37.3 Å². The first kappa shape index (κ1) is 15.4. The first-order chi connectivity index (χ1) is 9.99. The maximum Gasteiger partial charge on any atom is 0.142 e. The van der Waals surface area contributed by atoms with Gasteiger partial charge in [0, 0.05) is 24.8 Å². The van der Waals surface area contributed by atoms with Gasteiger partial charge in [0.25, 0.3) is 0 Å². The Kier molecular flexibility index (Phi) is 4.89. The number of benzene rings is 1. The molecule has 1 N–H and O–H groups in total. The van der Waals surface area contributed by atoms with Gasteiger partial charge in [0.05, 0.1) is 18.0 Å². The quantitative estimate of drug-likeness (QED) is 0.881. The van der Waals surface area contributed by atoms with E-state index in [1.54, 1.807) is 0 Å². The molecule has 0 saturated heterocycles. The van der Waals surface area contributed by atoms with Crippen LogP contribution in [0.5, 0.6) is 5.75 Å². The molecular formula is C17H25N3O. The molecule has 2 aromatic rings. The van der Waals surface area contributed by atoms with Crippen LogP contribution >= 0.6 is 0 Å². The molecule has 2 rings (SSSR count). The lowest BCUT2D eigenvalue weighted by Gasteiger charge is -2.14. The lowest BCUT2D eigenvalue weighted by atomic mass is 10.2. The highest BCUT2D eigenvalue weighted by Crippen LogP contribution is 2.25. The maximum absolute atomic E-state index is 5.87. The first-order valence-corrected chi connectivity index (χ1v) is 7.43. The molecule has 0 radical (unpaired) electrons. The largest absolute Gasteiger partial charge is 0.491 e. The van der Waals surface area contributed by atoms with E-state index in [0.717, 1.165) is 30.3 Å². The Bertz CT molecular complexity index is 602. The van der Waals surface area contributed by atoms with Crippen molar-refractivity contribution in [3.05, 3.63) is 41.2 Å². The third kappa shape index (κ3) is 3.78. The molecule has 0 atom stereocenters. The topological polar surface area (TPSA) is 39.1 Å². The summed E-state index contributed by atoms with van der Waals surface area (Å²) < 4.78 is 7.79. The summed E-state index contributed by atoms with van der Waals surface area (Å²) in [5.74, 6) is 1.42. The third-order valence-corrected chi connectivity index (χ3v) is 3.57. The molecule has 114 valence electrons. The fourth-order valence-electron chi connectivity index (χ4n) is 2.25. The third-order valence-electron chi connectivity index (χ3n) is 3.57. The Hall–Kier alpha value is -1.97. The number of hydrogen-bond acceptors (Lipinski definition) is 3. The summed E-state index contributed by atoms with van der Waals surface area (Å²) in [6, 6.07) is 8.08. The van der Waals surface area contributed by atoms with Crippen molar-refractivity contribution in [1.82, 2.24) is 9.78 Å². The zero-order valence-electron chi connectivity index (χ0n) is 13.6. The molecule has 0 saturated carbocycles. The molecule has 21 heavy (non-hydrogen) atoms. The van der Waals surface area contributed by atoms with Crippen molar-refractivity contribution in [2.45, 2.75) is 34.2 Å². The molecule has 0 aliphatic rings. The highest BCUT2D eigenvalue weighted by molar-refractivity contribution is 5.56. The summed E-state index contributed by atoms with van der Waals surface area (Å²) in [6.07, 6.45) is 0.